The lowest BCUT2D eigenvalue weighted by Gasteiger charge is -2.22. The predicted octanol–water partition coefficient (Wildman–Crippen LogP) is 2.14. The first-order chi connectivity index (χ1) is 8.38. The van der Waals surface area contributed by atoms with Gasteiger partial charge in [0.2, 0.25) is 5.88 Å². The first-order valence-corrected chi connectivity index (χ1v) is 6.08. The van der Waals surface area contributed by atoms with E-state index in [1.54, 1.807) is 18.3 Å². The van der Waals surface area contributed by atoms with E-state index in [-0.39, 0.29) is 12.4 Å². The number of aromatic nitrogens is 1. The Morgan fingerprint density at radius 3 is 3.17 bits per heavy atom. The number of hydrogen-bond acceptors (Lipinski definition) is 4. The molecule has 1 N–H and O–H groups in total. The van der Waals surface area contributed by atoms with Gasteiger partial charge < -0.3 is 10.1 Å². The van der Waals surface area contributed by atoms with Gasteiger partial charge in [0, 0.05) is 12.3 Å². The Kier molecular flexibility index (Phi) is 6.48. The van der Waals surface area contributed by atoms with E-state index >= 15 is 0 Å². The van der Waals surface area contributed by atoms with Crippen LogP contribution in [0.3, 0.4) is 0 Å². The van der Waals surface area contributed by atoms with Gasteiger partial charge in [-0.1, -0.05) is 0 Å². The van der Waals surface area contributed by atoms with Crippen LogP contribution in [0.15, 0.2) is 18.3 Å². The standard InChI is InChI=1S/C13H17N3O.ClH/c14-9-12-3-6-16-13(8-12)17-7-4-11-2-1-5-15-10-11;/h3,6,8,11,15H,1-2,4-5,7,10H2;1H. The molecule has 0 aliphatic carbocycles. The second kappa shape index (κ2) is 7.91. The molecule has 1 fully saturated rings. The Hall–Kier alpha value is -1.31. The van der Waals surface area contributed by atoms with Crippen molar-refractivity contribution in [2.75, 3.05) is 19.7 Å². The predicted molar refractivity (Wildman–Crippen MR) is 71.9 cm³/mol. The van der Waals surface area contributed by atoms with Gasteiger partial charge in [0.1, 0.15) is 0 Å². The number of pyridine rings is 1. The molecule has 98 valence electrons. The number of rotatable bonds is 4. The van der Waals surface area contributed by atoms with E-state index in [4.69, 9.17) is 10.00 Å². The van der Waals surface area contributed by atoms with Gasteiger partial charge in [0.25, 0.3) is 0 Å². The van der Waals surface area contributed by atoms with Gasteiger partial charge >= 0.3 is 0 Å². The minimum atomic E-state index is 0. The van der Waals surface area contributed by atoms with Crippen molar-refractivity contribution in [1.29, 1.82) is 5.26 Å². The summed E-state index contributed by atoms with van der Waals surface area (Å²) in [5, 5.41) is 12.1. The van der Waals surface area contributed by atoms with Crippen LogP contribution >= 0.6 is 12.4 Å². The molecule has 0 amide bonds. The summed E-state index contributed by atoms with van der Waals surface area (Å²) < 4.78 is 5.56. The maximum atomic E-state index is 8.75. The molecule has 5 heteroatoms. The van der Waals surface area contributed by atoms with Crippen LogP contribution in [-0.2, 0) is 0 Å². The molecule has 0 aromatic carbocycles. The Morgan fingerprint density at radius 1 is 1.56 bits per heavy atom. The fourth-order valence-corrected chi connectivity index (χ4v) is 2.06. The highest BCUT2D eigenvalue weighted by molar-refractivity contribution is 5.85. The van der Waals surface area contributed by atoms with Crippen LogP contribution in [0.2, 0.25) is 0 Å². The summed E-state index contributed by atoms with van der Waals surface area (Å²) in [6.45, 7) is 2.91. The monoisotopic (exact) mass is 267 g/mol. The van der Waals surface area contributed by atoms with Gasteiger partial charge in [-0.05, 0) is 44.3 Å². The van der Waals surface area contributed by atoms with E-state index in [2.05, 4.69) is 16.4 Å². The third-order valence-electron chi connectivity index (χ3n) is 3.04. The summed E-state index contributed by atoms with van der Waals surface area (Å²) in [5.74, 6) is 1.26. The Morgan fingerprint density at radius 2 is 2.44 bits per heavy atom. The molecule has 1 aliphatic rings. The molecule has 1 saturated heterocycles. The van der Waals surface area contributed by atoms with Crippen LogP contribution in [0, 0.1) is 17.2 Å². The van der Waals surface area contributed by atoms with Crippen molar-refractivity contribution < 1.29 is 4.74 Å². The topological polar surface area (TPSA) is 57.9 Å². The molecule has 0 saturated carbocycles. The second-order valence-electron chi connectivity index (χ2n) is 4.34. The molecular formula is C13H18ClN3O. The average molecular weight is 268 g/mol. The van der Waals surface area contributed by atoms with Crippen molar-refractivity contribution in [1.82, 2.24) is 10.3 Å². The number of ether oxygens (including phenoxy) is 1. The summed E-state index contributed by atoms with van der Waals surface area (Å²) in [6, 6.07) is 5.44. The first-order valence-electron chi connectivity index (χ1n) is 6.08. The lowest BCUT2D eigenvalue weighted by atomic mass is 9.97. The van der Waals surface area contributed by atoms with Crippen LogP contribution in [0.1, 0.15) is 24.8 Å². The minimum absolute atomic E-state index is 0. The summed E-state index contributed by atoms with van der Waals surface area (Å²) in [5.41, 5.74) is 0.592. The molecular weight excluding hydrogens is 250 g/mol. The molecule has 2 rings (SSSR count). The van der Waals surface area contributed by atoms with Crippen LogP contribution in [-0.4, -0.2) is 24.7 Å². The van der Waals surface area contributed by atoms with Crippen molar-refractivity contribution in [2.24, 2.45) is 5.92 Å². The molecule has 0 radical (unpaired) electrons. The van der Waals surface area contributed by atoms with E-state index in [0.29, 0.717) is 24.0 Å². The third kappa shape index (κ3) is 4.52. The Balaban J connectivity index is 0.00000162. The highest BCUT2D eigenvalue weighted by Gasteiger charge is 2.12. The van der Waals surface area contributed by atoms with Gasteiger partial charge in [0.05, 0.1) is 18.2 Å². The van der Waals surface area contributed by atoms with Crippen LogP contribution in [0.5, 0.6) is 5.88 Å². The zero-order valence-electron chi connectivity index (χ0n) is 10.3. The highest BCUT2D eigenvalue weighted by atomic mass is 35.5. The zero-order valence-corrected chi connectivity index (χ0v) is 11.1. The number of nitrogens with zero attached hydrogens (tertiary/aromatic N) is 2. The van der Waals surface area contributed by atoms with E-state index in [9.17, 15) is 0 Å². The lowest BCUT2D eigenvalue weighted by molar-refractivity contribution is 0.247. The van der Waals surface area contributed by atoms with Crippen LogP contribution in [0.25, 0.3) is 0 Å². The van der Waals surface area contributed by atoms with Gasteiger partial charge in [-0.15, -0.1) is 12.4 Å². The van der Waals surface area contributed by atoms with Gasteiger partial charge in [-0.25, -0.2) is 4.98 Å². The van der Waals surface area contributed by atoms with Crippen molar-refractivity contribution in [2.45, 2.75) is 19.3 Å². The molecule has 1 aromatic heterocycles. The summed E-state index contributed by atoms with van der Waals surface area (Å²) in [4.78, 5) is 4.08. The van der Waals surface area contributed by atoms with Gasteiger partial charge in [0.15, 0.2) is 0 Å². The summed E-state index contributed by atoms with van der Waals surface area (Å²) in [7, 11) is 0. The molecule has 0 spiro atoms. The minimum Gasteiger partial charge on any atom is -0.478 e. The smallest absolute Gasteiger partial charge is 0.214 e. The van der Waals surface area contributed by atoms with Crippen LogP contribution < -0.4 is 10.1 Å². The first kappa shape index (κ1) is 14.7. The lowest BCUT2D eigenvalue weighted by Crippen LogP contribution is -2.30. The molecule has 0 bridgehead atoms. The molecule has 2 heterocycles. The molecule has 18 heavy (non-hydrogen) atoms. The molecule has 1 aromatic rings. The number of nitrogens with one attached hydrogen (secondary N) is 1. The molecule has 1 unspecified atom stereocenters. The fraction of sp³-hybridized carbons (Fsp3) is 0.538. The van der Waals surface area contributed by atoms with E-state index in [0.717, 1.165) is 19.5 Å². The molecule has 4 nitrogen and oxygen atoms in total. The van der Waals surface area contributed by atoms with Crippen molar-refractivity contribution >= 4 is 12.4 Å². The quantitative estimate of drug-likeness (QED) is 0.908. The fourth-order valence-electron chi connectivity index (χ4n) is 2.06. The zero-order chi connectivity index (χ0) is 11.9. The summed E-state index contributed by atoms with van der Waals surface area (Å²) in [6.07, 6.45) is 5.19. The SMILES string of the molecule is Cl.N#Cc1ccnc(OCCC2CCCNC2)c1. The van der Waals surface area contributed by atoms with Crippen molar-refractivity contribution in [3.8, 4) is 11.9 Å². The van der Waals surface area contributed by atoms with E-state index < -0.39 is 0 Å². The van der Waals surface area contributed by atoms with E-state index in [1.165, 1.54) is 12.8 Å². The van der Waals surface area contributed by atoms with Gasteiger partial charge in [-0.2, -0.15) is 5.26 Å². The molecule has 1 aliphatic heterocycles. The van der Waals surface area contributed by atoms with Crippen molar-refractivity contribution in [3.05, 3.63) is 23.9 Å². The maximum Gasteiger partial charge on any atom is 0.214 e. The average Bonchev–Trinajstić information content (AvgIpc) is 2.40. The maximum absolute atomic E-state index is 8.75. The highest BCUT2D eigenvalue weighted by Crippen LogP contribution is 2.15. The third-order valence-corrected chi connectivity index (χ3v) is 3.04. The number of nitriles is 1. The number of hydrogen-bond donors (Lipinski definition) is 1. The van der Waals surface area contributed by atoms with Crippen molar-refractivity contribution in [3.63, 3.8) is 0 Å². The molecule has 1 atom stereocenters. The Bertz CT molecular complexity index is 399. The normalized spacial score (nSPS) is 18.5. The summed E-state index contributed by atoms with van der Waals surface area (Å²) >= 11 is 0. The van der Waals surface area contributed by atoms with E-state index in [1.807, 2.05) is 0 Å². The second-order valence-corrected chi connectivity index (χ2v) is 4.34. The Labute approximate surface area is 114 Å². The largest absolute Gasteiger partial charge is 0.478 e. The number of piperidine rings is 1. The van der Waals surface area contributed by atoms with Gasteiger partial charge in [-0.3, -0.25) is 0 Å². The number of halogens is 1. The van der Waals surface area contributed by atoms with Crippen LogP contribution in [0.4, 0.5) is 0 Å².